The second-order valence-corrected chi connectivity index (χ2v) is 2.67. The molecule has 0 amide bonds. The highest BCUT2D eigenvalue weighted by Crippen LogP contribution is 2.22. The van der Waals surface area contributed by atoms with E-state index in [0.29, 0.717) is 12.0 Å². The highest BCUT2D eigenvalue weighted by atomic mass is 32.1. The van der Waals surface area contributed by atoms with Gasteiger partial charge in [-0.05, 0) is 25.1 Å². The number of hydrogen-bond acceptors (Lipinski definition) is 2. The van der Waals surface area contributed by atoms with E-state index in [1.54, 1.807) is 0 Å². The van der Waals surface area contributed by atoms with Crippen LogP contribution in [0.25, 0.3) is 0 Å². The fourth-order valence-corrected chi connectivity index (χ4v) is 0.663. The Hall–Kier alpha value is -0.840. The molecule has 0 spiro atoms. The number of guanidine groups is 1. The van der Waals surface area contributed by atoms with Gasteiger partial charge in [0.15, 0.2) is 11.1 Å². The van der Waals surface area contributed by atoms with Crippen molar-refractivity contribution in [3.63, 3.8) is 0 Å². The zero-order valence-electron chi connectivity index (χ0n) is 5.50. The maximum atomic E-state index is 5.39. The molecule has 0 aliphatic heterocycles. The van der Waals surface area contributed by atoms with Gasteiger partial charge in [0, 0.05) is 0 Å². The SMILES string of the molecule is NC(=S)NC(N)=NC1CC1. The van der Waals surface area contributed by atoms with Crippen molar-refractivity contribution in [3.05, 3.63) is 0 Å². The van der Waals surface area contributed by atoms with Gasteiger partial charge in [0.05, 0.1) is 6.04 Å². The van der Waals surface area contributed by atoms with E-state index in [4.69, 9.17) is 11.5 Å². The van der Waals surface area contributed by atoms with Crippen LogP contribution in [0.3, 0.4) is 0 Å². The molecule has 1 saturated carbocycles. The molecular weight excluding hydrogens is 148 g/mol. The molecule has 0 aromatic heterocycles. The van der Waals surface area contributed by atoms with E-state index in [2.05, 4.69) is 22.5 Å². The fraction of sp³-hybridized carbons (Fsp3) is 0.600. The molecule has 4 nitrogen and oxygen atoms in total. The maximum absolute atomic E-state index is 5.39. The predicted octanol–water partition coefficient (Wildman–Crippen LogP) is -0.703. The van der Waals surface area contributed by atoms with Crippen LogP contribution in [0.4, 0.5) is 0 Å². The third-order valence-electron chi connectivity index (χ3n) is 1.12. The molecule has 0 aromatic carbocycles. The van der Waals surface area contributed by atoms with Gasteiger partial charge in [-0.15, -0.1) is 0 Å². The minimum absolute atomic E-state index is 0.168. The van der Waals surface area contributed by atoms with Gasteiger partial charge in [-0.25, -0.2) is 4.99 Å². The lowest BCUT2D eigenvalue weighted by Gasteiger charge is -2.00. The van der Waals surface area contributed by atoms with Crippen LogP contribution in [-0.2, 0) is 0 Å². The highest BCUT2D eigenvalue weighted by molar-refractivity contribution is 7.80. The lowest BCUT2D eigenvalue weighted by Crippen LogP contribution is -2.40. The molecule has 0 aromatic rings. The van der Waals surface area contributed by atoms with Crippen molar-refractivity contribution in [2.24, 2.45) is 16.5 Å². The lowest BCUT2D eigenvalue weighted by molar-refractivity contribution is 1.04. The minimum Gasteiger partial charge on any atom is -0.376 e. The van der Waals surface area contributed by atoms with E-state index < -0.39 is 0 Å². The molecule has 1 aliphatic rings. The van der Waals surface area contributed by atoms with Gasteiger partial charge in [-0.2, -0.15) is 0 Å². The largest absolute Gasteiger partial charge is 0.376 e. The molecule has 56 valence electrons. The van der Waals surface area contributed by atoms with Crippen LogP contribution < -0.4 is 16.8 Å². The smallest absolute Gasteiger partial charge is 0.195 e. The zero-order chi connectivity index (χ0) is 7.56. The molecule has 5 heteroatoms. The lowest BCUT2D eigenvalue weighted by atomic mass is 10.7. The standard InChI is InChI=1S/C5H10N4S/c6-4(9-5(7)10)8-3-1-2-3/h3H,1-2H2,(H5,6,7,8,9,10). The summed E-state index contributed by atoms with van der Waals surface area (Å²) < 4.78 is 0. The first kappa shape index (κ1) is 7.27. The van der Waals surface area contributed by atoms with E-state index in [0.717, 1.165) is 12.8 Å². The number of nitrogens with one attached hydrogen (secondary N) is 1. The molecule has 1 aliphatic carbocycles. The van der Waals surface area contributed by atoms with E-state index in [-0.39, 0.29) is 5.11 Å². The number of nitrogens with two attached hydrogens (primary N) is 2. The Morgan fingerprint density at radius 2 is 2.10 bits per heavy atom. The highest BCUT2D eigenvalue weighted by Gasteiger charge is 2.20. The Balaban J connectivity index is 2.31. The molecule has 0 bridgehead atoms. The summed E-state index contributed by atoms with van der Waals surface area (Å²) in [7, 11) is 0. The summed E-state index contributed by atoms with van der Waals surface area (Å²) in [4.78, 5) is 4.04. The number of hydrogen-bond donors (Lipinski definition) is 3. The second-order valence-electron chi connectivity index (χ2n) is 2.23. The van der Waals surface area contributed by atoms with Crippen molar-refractivity contribution < 1.29 is 0 Å². The minimum atomic E-state index is 0.168. The zero-order valence-corrected chi connectivity index (χ0v) is 6.32. The molecule has 5 N–H and O–H groups in total. The molecule has 0 unspecified atom stereocenters. The molecule has 1 fully saturated rings. The summed E-state index contributed by atoms with van der Waals surface area (Å²) in [6, 6.07) is 0.404. The number of nitrogens with zero attached hydrogens (tertiary/aromatic N) is 1. The van der Waals surface area contributed by atoms with Crippen LogP contribution in [0.15, 0.2) is 4.99 Å². The topological polar surface area (TPSA) is 76.4 Å². The van der Waals surface area contributed by atoms with Gasteiger partial charge in [0.25, 0.3) is 0 Å². The van der Waals surface area contributed by atoms with Crippen molar-refractivity contribution in [2.75, 3.05) is 0 Å². The van der Waals surface area contributed by atoms with Gasteiger partial charge in [-0.3, -0.25) is 0 Å². The summed E-state index contributed by atoms with van der Waals surface area (Å²) >= 11 is 4.55. The van der Waals surface area contributed by atoms with Crippen molar-refractivity contribution >= 4 is 23.3 Å². The number of aliphatic imine (C=N–C) groups is 1. The van der Waals surface area contributed by atoms with E-state index >= 15 is 0 Å². The Morgan fingerprint density at radius 3 is 2.50 bits per heavy atom. The second kappa shape index (κ2) is 2.83. The van der Waals surface area contributed by atoms with Gasteiger partial charge >= 0.3 is 0 Å². The van der Waals surface area contributed by atoms with Gasteiger partial charge in [0.2, 0.25) is 0 Å². The molecule has 0 heterocycles. The predicted molar refractivity (Wildman–Crippen MR) is 44.6 cm³/mol. The molecule has 1 rings (SSSR count). The van der Waals surface area contributed by atoms with Crippen molar-refractivity contribution in [1.82, 2.24) is 5.32 Å². The summed E-state index contributed by atoms with van der Waals surface area (Å²) in [6.45, 7) is 0. The van der Waals surface area contributed by atoms with Crippen molar-refractivity contribution in [2.45, 2.75) is 18.9 Å². The third-order valence-corrected chi connectivity index (χ3v) is 1.22. The fourth-order valence-electron chi connectivity index (χ4n) is 0.559. The van der Waals surface area contributed by atoms with Gasteiger partial charge in [-0.1, -0.05) is 0 Å². The normalized spacial score (nSPS) is 18.6. The number of thiocarbonyl (C=S) groups is 1. The monoisotopic (exact) mass is 158 g/mol. The maximum Gasteiger partial charge on any atom is 0.195 e. The summed E-state index contributed by atoms with van der Waals surface area (Å²) in [5, 5.41) is 2.72. The molecule has 0 saturated heterocycles. The molecule has 10 heavy (non-hydrogen) atoms. The van der Waals surface area contributed by atoms with Crippen LogP contribution in [-0.4, -0.2) is 17.1 Å². The van der Waals surface area contributed by atoms with Gasteiger partial charge < -0.3 is 16.8 Å². The average molecular weight is 158 g/mol. The van der Waals surface area contributed by atoms with Crippen LogP contribution in [0.5, 0.6) is 0 Å². The first-order valence-electron chi connectivity index (χ1n) is 3.08. The van der Waals surface area contributed by atoms with E-state index in [1.165, 1.54) is 0 Å². The molecule has 0 radical (unpaired) electrons. The summed E-state index contributed by atoms with van der Waals surface area (Å²) in [5.41, 5.74) is 10.5. The van der Waals surface area contributed by atoms with Crippen LogP contribution in [0.1, 0.15) is 12.8 Å². The third kappa shape index (κ3) is 2.63. The quantitative estimate of drug-likeness (QED) is 0.268. The van der Waals surface area contributed by atoms with Crippen molar-refractivity contribution in [3.8, 4) is 0 Å². The summed E-state index contributed by atoms with van der Waals surface area (Å²) in [6.07, 6.45) is 2.25. The van der Waals surface area contributed by atoms with Crippen LogP contribution in [0, 0.1) is 0 Å². The average Bonchev–Trinajstić information content (AvgIpc) is 2.46. The van der Waals surface area contributed by atoms with Crippen molar-refractivity contribution in [1.29, 1.82) is 0 Å². The summed E-state index contributed by atoms with van der Waals surface area (Å²) in [5.74, 6) is 0.329. The first-order chi connectivity index (χ1) is 4.68. The molecular formula is C5H10N4S. The van der Waals surface area contributed by atoms with E-state index in [1.807, 2.05) is 0 Å². The Bertz CT molecular complexity index is 172. The molecule has 0 atom stereocenters. The van der Waals surface area contributed by atoms with Crippen LogP contribution in [0.2, 0.25) is 0 Å². The number of rotatable bonds is 1. The first-order valence-corrected chi connectivity index (χ1v) is 3.49. The van der Waals surface area contributed by atoms with E-state index in [9.17, 15) is 0 Å². The van der Waals surface area contributed by atoms with Gasteiger partial charge in [0.1, 0.15) is 0 Å². The Kier molecular flexibility index (Phi) is 2.06. The Labute approximate surface area is 64.7 Å². The van der Waals surface area contributed by atoms with Crippen LogP contribution >= 0.6 is 12.2 Å². The Morgan fingerprint density at radius 1 is 1.50 bits per heavy atom.